The molecule has 0 saturated carbocycles. The number of carboxylic acid groups (broad SMARTS) is 1. The van der Waals surface area contributed by atoms with Gasteiger partial charge >= 0.3 is 6.09 Å². The van der Waals surface area contributed by atoms with Crippen molar-refractivity contribution in [3.8, 4) is 5.75 Å². The van der Waals surface area contributed by atoms with Crippen molar-refractivity contribution in [1.82, 2.24) is 14.9 Å². The lowest BCUT2D eigenvalue weighted by atomic mass is 10.1. The van der Waals surface area contributed by atoms with Gasteiger partial charge in [-0.15, -0.1) is 0 Å². The van der Waals surface area contributed by atoms with Crippen LogP contribution in [0.2, 0.25) is 18.1 Å². The number of carbonyl (C=O) groups is 1. The fraction of sp³-hybridized carbons (Fsp3) is 0.355. The van der Waals surface area contributed by atoms with Gasteiger partial charge in [0.05, 0.1) is 18.2 Å². The first-order valence-corrected chi connectivity index (χ1v) is 16.3. The van der Waals surface area contributed by atoms with Crippen LogP contribution in [-0.4, -0.2) is 47.5 Å². The van der Waals surface area contributed by atoms with E-state index in [1.165, 1.54) is 4.90 Å². The molecule has 0 radical (unpaired) electrons. The Balaban J connectivity index is 1.49. The zero-order valence-electron chi connectivity index (χ0n) is 23.1. The molecule has 206 valence electrons. The van der Waals surface area contributed by atoms with Gasteiger partial charge in [-0.1, -0.05) is 69.3 Å². The number of fused-ring (bicyclic) bond motifs is 1. The lowest BCUT2D eigenvalue weighted by Crippen LogP contribution is -2.42. The van der Waals surface area contributed by atoms with Crippen LogP contribution in [0.4, 0.5) is 4.79 Å². The van der Waals surface area contributed by atoms with E-state index in [1.54, 1.807) is 12.4 Å². The maximum absolute atomic E-state index is 12.4. The Hall–Kier alpha value is -3.62. The standard InChI is InChI=1S/C31H39N3O4Si/c1-4-39(5-2,6-3)38-29(26-14-11-18-32-20-26)22-34(31(35)36)19-17-25-21-33-30-27(25)15-10-16-28(30)37-23-24-12-8-7-9-13-24/h7-16,18,20-21,29,33H,4-6,17,19,22-23H2,1-3H3,(H,35,36)/t29-/m1/s1. The zero-order chi connectivity index (χ0) is 27.7. The monoisotopic (exact) mass is 545 g/mol. The third-order valence-corrected chi connectivity index (χ3v) is 12.3. The van der Waals surface area contributed by atoms with Gasteiger partial charge in [0, 0.05) is 30.5 Å². The highest BCUT2D eigenvalue weighted by atomic mass is 28.4. The maximum atomic E-state index is 12.4. The second kappa shape index (κ2) is 13.4. The van der Waals surface area contributed by atoms with Gasteiger partial charge < -0.3 is 24.2 Å². The number of aromatic amines is 1. The van der Waals surface area contributed by atoms with E-state index in [0.29, 0.717) is 19.6 Å². The predicted molar refractivity (Wildman–Crippen MR) is 158 cm³/mol. The molecule has 4 rings (SSSR count). The first-order chi connectivity index (χ1) is 19.0. The number of H-pyrrole nitrogens is 1. The van der Waals surface area contributed by atoms with Crippen LogP contribution < -0.4 is 4.74 Å². The second-order valence-corrected chi connectivity index (χ2v) is 14.6. The molecule has 0 aliphatic rings. The summed E-state index contributed by atoms with van der Waals surface area (Å²) in [6, 6.07) is 22.9. The fourth-order valence-electron chi connectivity index (χ4n) is 5.05. The number of nitrogens with zero attached hydrogens (tertiary/aromatic N) is 2. The van der Waals surface area contributed by atoms with Gasteiger partial charge in [-0.05, 0) is 53.4 Å². The maximum Gasteiger partial charge on any atom is 0.407 e. The van der Waals surface area contributed by atoms with Crippen molar-refractivity contribution in [2.45, 2.75) is 58.0 Å². The SMILES string of the molecule is CC[Si](CC)(CC)O[C@H](CN(CCc1c[nH]c2c(OCc3ccccc3)cccc12)C(=O)O)c1cccnc1. The quantitative estimate of drug-likeness (QED) is 0.161. The normalized spacial score (nSPS) is 12.4. The van der Waals surface area contributed by atoms with Crippen molar-refractivity contribution < 1.29 is 19.1 Å². The molecule has 2 heterocycles. The second-order valence-electron chi connectivity index (χ2n) is 9.88. The molecular weight excluding hydrogens is 506 g/mol. The molecule has 1 amide bonds. The van der Waals surface area contributed by atoms with Crippen LogP contribution in [0.25, 0.3) is 10.9 Å². The molecule has 0 aliphatic heterocycles. The number of ether oxygens (including phenoxy) is 1. The molecular formula is C31H39N3O4Si. The summed E-state index contributed by atoms with van der Waals surface area (Å²) in [6.07, 6.45) is 4.76. The van der Waals surface area contributed by atoms with E-state index in [4.69, 9.17) is 9.16 Å². The lowest BCUT2D eigenvalue weighted by molar-refractivity contribution is 0.103. The molecule has 1 atom stereocenters. The van der Waals surface area contributed by atoms with Crippen LogP contribution in [0, 0.1) is 0 Å². The summed E-state index contributed by atoms with van der Waals surface area (Å²) in [5.41, 5.74) is 4.00. The van der Waals surface area contributed by atoms with Crippen molar-refractivity contribution in [3.63, 3.8) is 0 Å². The van der Waals surface area contributed by atoms with Crippen molar-refractivity contribution in [1.29, 1.82) is 0 Å². The van der Waals surface area contributed by atoms with Crippen LogP contribution in [0.3, 0.4) is 0 Å². The molecule has 2 aromatic carbocycles. The highest BCUT2D eigenvalue weighted by Crippen LogP contribution is 2.31. The van der Waals surface area contributed by atoms with E-state index in [1.807, 2.05) is 66.9 Å². The molecule has 39 heavy (non-hydrogen) atoms. The van der Waals surface area contributed by atoms with E-state index >= 15 is 0 Å². The fourth-order valence-corrected chi connectivity index (χ4v) is 7.86. The summed E-state index contributed by atoms with van der Waals surface area (Å²) in [5.74, 6) is 0.780. The molecule has 4 aromatic rings. The Labute approximate surface area is 231 Å². The van der Waals surface area contributed by atoms with Crippen LogP contribution in [0.5, 0.6) is 5.75 Å². The number of para-hydroxylation sites is 1. The van der Waals surface area contributed by atoms with Crippen LogP contribution in [0.1, 0.15) is 43.6 Å². The molecule has 2 aromatic heterocycles. The minimum Gasteiger partial charge on any atom is -0.487 e. The number of rotatable bonds is 14. The number of hydrogen-bond acceptors (Lipinski definition) is 4. The minimum atomic E-state index is -1.98. The minimum absolute atomic E-state index is 0.267. The van der Waals surface area contributed by atoms with Gasteiger partial charge in [-0.3, -0.25) is 4.98 Å². The van der Waals surface area contributed by atoms with Crippen LogP contribution in [-0.2, 0) is 17.5 Å². The summed E-state index contributed by atoms with van der Waals surface area (Å²) < 4.78 is 12.9. The molecule has 0 fully saturated rings. The van der Waals surface area contributed by atoms with E-state index < -0.39 is 14.4 Å². The van der Waals surface area contributed by atoms with Crippen LogP contribution >= 0.6 is 0 Å². The van der Waals surface area contributed by atoms with E-state index in [2.05, 4.69) is 30.7 Å². The van der Waals surface area contributed by atoms with Gasteiger partial charge in [0.25, 0.3) is 0 Å². The predicted octanol–water partition coefficient (Wildman–Crippen LogP) is 7.43. The Morgan fingerprint density at radius 1 is 1.03 bits per heavy atom. The molecule has 0 bridgehead atoms. The number of amides is 1. The molecule has 0 spiro atoms. The molecule has 0 saturated heterocycles. The number of pyridine rings is 1. The molecule has 7 nitrogen and oxygen atoms in total. The zero-order valence-corrected chi connectivity index (χ0v) is 24.1. The smallest absolute Gasteiger partial charge is 0.407 e. The van der Waals surface area contributed by atoms with E-state index in [0.717, 1.165) is 51.5 Å². The summed E-state index contributed by atoms with van der Waals surface area (Å²) in [6.45, 7) is 7.66. The topological polar surface area (TPSA) is 87.7 Å². The summed E-state index contributed by atoms with van der Waals surface area (Å²) >= 11 is 0. The van der Waals surface area contributed by atoms with Crippen molar-refractivity contribution >= 4 is 25.3 Å². The molecule has 8 heteroatoms. The number of benzene rings is 2. The van der Waals surface area contributed by atoms with E-state index in [9.17, 15) is 9.90 Å². The third-order valence-electron chi connectivity index (χ3n) is 7.69. The first-order valence-electron chi connectivity index (χ1n) is 13.8. The number of aromatic nitrogens is 2. The highest BCUT2D eigenvalue weighted by molar-refractivity contribution is 6.73. The highest BCUT2D eigenvalue weighted by Gasteiger charge is 2.34. The van der Waals surface area contributed by atoms with Gasteiger partial charge in [0.2, 0.25) is 0 Å². The summed E-state index contributed by atoms with van der Waals surface area (Å²) in [4.78, 5) is 21.5. The molecule has 2 N–H and O–H groups in total. The summed E-state index contributed by atoms with van der Waals surface area (Å²) in [7, 11) is -1.98. The van der Waals surface area contributed by atoms with Gasteiger partial charge in [0.1, 0.15) is 12.4 Å². The van der Waals surface area contributed by atoms with Gasteiger partial charge in [0.15, 0.2) is 8.32 Å². The lowest BCUT2D eigenvalue weighted by Gasteiger charge is -2.35. The van der Waals surface area contributed by atoms with Crippen molar-refractivity contribution in [2.75, 3.05) is 13.1 Å². The molecule has 0 aliphatic carbocycles. The Bertz CT molecular complexity index is 1320. The van der Waals surface area contributed by atoms with Gasteiger partial charge in [-0.25, -0.2) is 4.79 Å². The first kappa shape index (κ1) is 28.4. The Kier molecular flexibility index (Phi) is 9.78. The van der Waals surface area contributed by atoms with Crippen LogP contribution in [0.15, 0.2) is 79.3 Å². The average molecular weight is 546 g/mol. The Morgan fingerprint density at radius 2 is 1.79 bits per heavy atom. The largest absolute Gasteiger partial charge is 0.487 e. The Morgan fingerprint density at radius 3 is 2.46 bits per heavy atom. The number of nitrogens with one attached hydrogen (secondary N) is 1. The summed E-state index contributed by atoms with van der Waals surface area (Å²) in [5, 5.41) is 11.2. The van der Waals surface area contributed by atoms with E-state index in [-0.39, 0.29) is 12.6 Å². The molecule has 0 unspecified atom stereocenters. The van der Waals surface area contributed by atoms with Crippen molar-refractivity contribution in [3.05, 3.63) is 95.9 Å². The van der Waals surface area contributed by atoms with Gasteiger partial charge in [-0.2, -0.15) is 0 Å². The average Bonchev–Trinajstić information content (AvgIpc) is 3.40. The number of hydrogen-bond donors (Lipinski definition) is 2. The third kappa shape index (κ3) is 7.07. The van der Waals surface area contributed by atoms with Crippen molar-refractivity contribution in [2.24, 2.45) is 0 Å².